The molecule has 0 saturated carbocycles. The maximum Gasteiger partial charge on any atom is 0.153 e. The van der Waals surface area contributed by atoms with E-state index in [0.717, 1.165) is 42.1 Å². The van der Waals surface area contributed by atoms with E-state index < -0.39 is 0 Å². The third-order valence-electron chi connectivity index (χ3n) is 7.89. The standard InChI is InChI=1S/C27H33O3P/c1-5-27(25-7-17(2)19(4)22(10-25)12-28)11-20-8-24(15-31(14-20)16-27)21-6-18(3)26(30)23(9-21)13-29/h6-7,9-10,12-13,20,24,30H,5,8,11,14-16H2,1-4H3. The maximum atomic E-state index is 11.7. The van der Waals surface area contributed by atoms with Gasteiger partial charge in [-0.2, -0.15) is 0 Å². The number of phenols is 1. The van der Waals surface area contributed by atoms with Crippen molar-refractivity contribution >= 4 is 20.5 Å². The Labute approximate surface area is 187 Å². The monoisotopic (exact) mass is 436 g/mol. The lowest BCUT2D eigenvalue weighted by molar-refractivity contribution is 0.111. The number of aryl methyl sites for hydroxylation is 2. The Hall–Kier alpha value is -1.99. The zero-order valence-electron chi connectivity index (χ0n) is 19.1. The van der Waals surface area contributed by atoms with Gasteiger partial charge in [0.25, 0.3) is 0 Å². The lowest BCUT2D eigenvalue weighted by Gasteiger charge is -2.50. The van der Waals surface area contributed by atoms with E-state index in [2.05, 4.69) is 32.0 Å². The van der Waals surface area contributed by atoms with Gasteiger partial charge in [0.15, 0.2) is 6.29 Å². The molecule has 0 spiro atoms. The van der Waals surface area contributed by atoms with Crippen molar-refractivity contribution in [2.45, 2.75) is 58.3 Å². The number of phenolic OH excluding ortho intramolecular Hbond substituents is 1. The van der Waals surface area contributed by atoms with Crippen molar-refractivity contribution in [1.29, 1.82) is 0 Å². The van der Waals surface area contributed by atoms with E-state index in [1.807, 2.05) is 19.9 Å². The lowest BCUT2D eigenvalue weighted by atomic mass is 9.70. The van der Waals surface area contributed by atoms with Gasteiger partial charge in [-0.25, -0.2) is 0 Å². The Morgan fingerprint density at radius 3 is 2.42 bits per heavy atom. The lowest BCUT2D eigenvalue weighted by Crippen LogP contribution is -2.41. The van der Waals surface area contributed by atoms with Crippen LogP contribution in [0.1, 0.15) is 80.6 Å². The Kier molecular flexibility index (Phi) is 6.10. The molecular weight excluding hydrogens is 403 g/mol. The van der Waals surface area contributed by atoms with E-state index in [0.29, 0.717) is 17.4 Å². The number of benzene rings is 2. The largest absolute Gasteiger partial charge is 0.507 e. The van der Waals surface area contributed by atoms with Gasteiger partial charge in [-0.15, -0.1) is 7.92 Å². The summed E-state index contributed by atoms with van der Waals surface area (Å²) in [6.45, 7) is 8.36. The van der Waals surface area contributed by atoms with E-state index in [9.17, 15) is 14.7 Å². The first-order valence-electron chi connectivity index (χ1n) is 11.4. The molecule has 4 rings (SSSR count). The number of hydrogen-bond donors (Lipinski definition) is 1. The van der Waals surface area contributed by atoms with E-state index in [1.54, 1.807) is 0 Å². The van der Waals surface area contributed by atoms with Crippen molar-refractivity contribution in [2.75, 3.05) is 18.5 Å². The molecule has 3 nitrogen and oxygen atoms in total. The van der Waals surface area contributed by atoms with Gasteiger partial charge in [0.05, 0.1) is 5.56 Å². The molecule has 0 radical (unpaired) electrons. The summed E-state index contributed by atoms with van der Waals surface area (Å²) in [7, 11) is -0.104. The molecule has 4 unspecified atom stereocenters. The Bertz CT molecular complexity index is 1010. The molecular formula is C27H33O3P. The highest BCUT2D eigenvalue weighted by Crippen LogP contribution is 2.60. The van der Waals surface area contributed by atoms with Crippen molar-refractivity contribution < 1.29 is 14.7 Å². The molecule has 1 N–H and O–H groups in total. The van der Waals surface area contributed by atoms with Crippen LogP contribution in [-0.2, 0) is 5.41 Å². The van der Waals surface area contributed by atoms with Crippen LogP contribution in [0.4, 0.5) is 0 Å². The molecule has 2 heterocycles. The molecule has 2 saturated heterocycles. The summed E-state index contributed by atoms with van der Waals surface area (Å²) in [5, 5.41) is 10.1. The molecule has 2 aliphatic rings. The quantitative estimate of drug-likeness (QED) is 0.443. The zero-order valence-corrected chi connectivity index (χ0v) is 20.0. The first-order chi connectivity index (χ1) is 14.8. The summed E-state index contributed by atoms with van der Waals surface area (Å²) in [6, 6.07) is 8.48. The van der Waals surface area contributed by atoms with Crippen LogP contribution < -0.4 is 0 Å². The first-order valence-corrected chi connectivity index (χ1v) is 13.3. The number of hydrogen-bond acceptors (Lipinski definition) is 3. The third kappa shape index (κ3) is 3.98. The summed E-state index contributed by atoms with van der Waals surface area (Å²) in [4.78, 5) is 23.1. The fourth-order valence-corrected chi connectivity index (χ4v) is 9.80. The second-order valence-corrected chi connectivity index (χ2v) is 12.2. The molecule has 4 atom stereocenters. The van der Waals surface area contributed by atoms with Gasteiger partial charge in [0.2, 0.25) is 0 Å². The van der Waals surface area contributed by atoms with Crippen molar-refractivity contribution in [3.8, 4) is 5.75 Å². The first kappa shape index (κ1) is 22.2. The average Bonchev–Trinajstić information content (AvgIpc) is 2.76. The van der Waals surface area contributed by atoms with Crippen LogP contribution >= 0.6 is 7.92 Å². The number of fused-ring (bicyclic) bond motifs is 2. The molecule has 2 aromatic rings. The second kappa shape index (κ2) is 8.51. The summed E-state index contributed by atoms with van der Waals surface area (Å²) in [6.07, 6.45) is 8.99. The minimum absolute atomic E-state index is 0.104. The van der Waals surface area contributed by atoms with Crippen molar-refractivity contribution in [1.82, 2.24) is 0 Å². The van der Waals surface area contributed by atoms with E-state index in [1.165, 1.54) is 41.6 Å². The summed E-state index contributed by atoms with van der Waals surface area (Å²) in [5.41, 5.74) is 7.11. The van der Waals surface area contributed by atoms with Crippen molar-refractivity contribution in [2.24, 2.45) is 5.92 Å². The van der Waals surface area contributed by atoms with Crippen LogP contribution in [0.25, 0.3) is 0 Å². The smallest absolute Gasteiger partial charge is 0.153 e. The van der Waals surface area contributed by atoms with E-state index >= 15 is 0 Å². The molecule has 0 amide bonds. The molecule has 4 heteroatoms. The minimum Gasteiger partial charge on any atom is -0.507 e. The summed E-state index contributed by atoms with van der Waals surface area (Å²) in [5.74, 6) is 1.27. The van der Waals surface area contributed by atoms with Crippen LogP contribution in [0, 0.1) is 26.7 Å². The number of rotatable bonds is 5. The van der Waals surface area contributed by atoms with Gasteiger partial charge in [0.1, 0.15) is 12.0 Å². The van der Waals surface area contributed by atoms with Gasteiger partial charge in [-0.05, 0) is 116 Å². The fraction of sp³-hybridized carbons (Fsp3) is 0.481. The molecule has 0 aromatic heterocycles. The van der Waals surface area contributed by atoms with Crippen LogP contribution in [0.5, 0.6) is 5.75 Å². The topological polar surface area (TPSA) is 54.4 Å². The Morgan fingerprint density at radius 1 is 1.03 bits per heavy atom. The molecule has 31 heavy (non-hydrogen) atoms. The Morgan fingerprint density at radius 2 is 1.77 bits per heavy atom. The SMILES string of the molecule is CCC1(c2cc(C)c(C)c(C=O)c2)CC2CC(c3cc(C)c(O)c(C=O)c3)CP(C2)C1. The number of aromatic hydroxyl groups is 1. The molecule has 2 aliphatic heterocycles. The summed E-state index contributed by atoms with van der Waals surface area (Å²) < 4.78 is 0. The zero-order chi connectivity index (χ0) is 22.3. The van der Waals surface area contributed by atoms with Crippen molar-refractivity contribution in [3.63, 3.8) is 0 Å². The average molecular weight is 437 g/mol. The second-order valence-electron chi connectivity index (χ2n) is 9.85. The van der Waals surface area contributed by atoms with Gasteiger partial charge in [0, 0.05) is 5.56 Å². The fourth-order valence-electron chi connectivity index (χ4n) is 6.01. The predicted molar refractivity (Wildman–Crippen MR) is 128 cm³/mol. The third-order valence-corrected chi connectivity index (χ3v) is 10.9. The van der Waals surface area contributed by atoms with Crippen LogP contribution in [0.2, 0.25) is 0 Å². The number of aldehydes is 2. The van der Waals surface area contributed by atoms with Crippen LogP contribution in [-0.4, -0.2) is 36.2 Å². The van der Waals surface area contributed by atoms with E-state index in [-0.39, 0.29) is 19.1 Å². The highest BCUT2D eigenvalue weighted by atomic mass is 31.1. The van der Waals surface area contributed by atoms with Gasteiger partial charge in [-0.3, -0.25) is 9.59 Å². The molecule has 2 fully saturated rings. The minimum atomic E-state index is -0.104. The highest BCUT2D eigenvalue weighted by Gasteiger charge is 2.44. The predicted octanol–water partition coefficient (Wildman–Crippen LogP) is 6.28. The Balaban J connectivity index is 1.64. The number of carbonyl (C=O) groups excluding carboxylic acids is 2. The molecule has 164 valence electrons. The van der Waals surface area contributed by atoms with E-state index in [4.69, 9.17) is 0 Å². The van der Waals surface area contributed by atoms with Crippen LogP contribution in [0.15, 0.2) is 24.3 Å². The molecule has 2 bridgehead atoms. The number of carbonyl (C=O) groups is 2. The van der Waals surface area contributed by atoms with Crippen molar-refractivity contribution in [3.05, 3.63) is 63.2 Å². The van der Waals surface area contributed by atoms with Gasteiger partial charge < -0.3 is 5.11 Å². The molecule has 2 aromatic carbocycles. The summed E-state index contributed by atoms with van der Waals surface area (Å²) >= 11 is 0. The van der Waals surface area contributed by atoms with Crippen LogP contribution in [0.3, 0.4) is 0 Å². The highest BCUT2D eigenvalue weighted by molar-refractivity contribution is 7.58. The normalized spacial score (nSPS) is 27.7. The van der Waals surface area contributed by atoms with Gasteiger partial charge in [-0.1, -0.05) is 19.1 Å². The molecule has 0 aliphatic carbocycles. The maximum absolute atomic E-state index is 11.7. The van der Waals surface area contributed by atoms with Gasteiger partial charge >= 0.3 is 0 Å².